The van der Waals surface area contributed by atoms with Gasteiger partial charge in [-0.3, -0.25) is 4.68 Å². The minimum absolute atomic E-state index is 0.00404. The zero-order valence-electron chi connectivity index (χ0n) is 21.5. The van der Waals surface area contributed by atoms with Gasteiger partial charge in [-0.15, -0.1) is 0 Å². The second kappa shape index (κ2) is 7.53. The number of nitrogens with one attached hydrogen (secondary N) is 2. The van der Waals surface area contributed by atoms with Crippen LogP contribution in [0.15, 0.2) is 30.9 Å². The standard InChI is InChI=1S/C27H29FN8O2/c1-14-17(8-31-23-22(14)30-4-5-38-23)16-6-19-18(21(29)20(16)28)9-32-24(35-19)34-15-7-33-36(10-15)27-11-26(12-27,13-27)25(2,3)37/h6-10,30,37H,4-5,11-13,29H2,1-3H3,(H,32,34,35). The summed E-state index contributed by atoms with van der Waals surface area (Å²) < 4.78 is 23.0. The van der Waals surface area contributed by atoms with E-state index in [0.717, 1.165) is 36.2 Å². The third-order valence-electron chi connectivity index (χ3n) is 8.72. The first-order chi connectivity index (χ1) is 18.1. The van der Waals surface area contributed by atoms with Crippen molar-refractivity contribution in [1.29, 1.82) is 0 Å². The highest BCUT2D eigenvalue weighted by Gasteiger charge is 2.74. The Morgan fingerprint density at radius 2 is 1.97 bits per heavy atom. The molecule has 3 aliphatic carbocycles. The van der Waals surface area contributed by atoms with Gasteiger partial charge in [-0.25, -0.2) is 19.3 Å². The first-order valence-electron chi connectivity index (χ1n) is 12.8. The van der Waals surface area contributed by atoms with Gasteiger partial charge in [0, 0.05) is 47.1 Å². The molecule has 3 fully saturated rings. The number of pyridine rings is 1. The van der Waals surface area contributed by atoms with Crippen LogP contribution in [-0.2, 0) is 5.54 Å². The molecule has 4 aliphatic rings. The lowest BCUT2D eigenvalue weighted by molar-refractivity contribution is -0.277. The first kappa shape index (κ1) is 23.2. The monoisotopic (exact) mass is 516 g/mol. The lowest BCUT2D eigenvalue weighted by Crippen LogP contribution is -2.74. The van der Waals surface area contributed by atoms with Crippen molar-refractivity contribution < 1.29 is 14.2 Å². The number of nitrogens with zero attached hydrogens (tertiary/aromatic N) is 5. The van der Waals surface area contributed by atoms with Crippen molar-refractivity contribution in [1.82, 2.24) is 24.7 Å². The molecule has 0 saturated heterocycles. The van der Waals surface area contributed by atoms with Gasteiger partial charge in [-0.2, -0.15) is 5.10 Å². The summed E-state index contributed by atoms with van der Waals surface area (Å²) in [6.07, 6.45) is 9.58. The van der Waals surface area contributed by atoms with Gasteiger partial charge in [-0.05, 0) is 51.7 Å². The summed E-state index contributed by atoms with van der Waals surface area (Å²) in [5.74, 6) is 0.331. The number of fused-ring (bicyclic) bond motifs is 2. The van der Waals surface area contributed by atoms with E-state index in [-0.39, 0.29) is 16.6 Å². The Hall–Kier alpha value is -3.99. The van der Waals surface area contributed by atoms with Crippen LogP contribution in [0.1, 0.15) is 38.7 Å². The summed E-state index contributed by atoms with van der Waals surface area (Å²) in [6, 6.07) is 1.68. The molecular formula is C27H29FN8O2. The fraction of sp³-hybridized carbons (Fsp3) is 0.407. The number of benzene rings is 1. The number of aliphatic hydroxyl groups is 1. The van der Waals surface area contributed by atoms with Gasteiger partial charge < -0.3 is 26.2 Å². The van der Waals surface area contributed by atoms with E-state index in [9.17, 15) is 5.11 Å². The van der Waals surface area contributed by atoms with E-state index in [4.69, 9.17) is 10.5 Å². The Bertz CT molecular complexity index is 1610. The Morgan fingerprint density at radius 1 is 1.18 bits per heavy atom. The number of nitrogen functional groups attached to an aromatic ring is 1. The van der Waals surface area contributed by atoms with Crippen LogP contribution in [-0.4, -0.2) is 48.6 Å². The molecule has 0 amide bonds. The zero-order valence-corrected chi connectivity index (χ0v) is 21.5. The molecule has 0 unspecified atom stereocenters. The van der Waals surface area contributed by atoms with Crippen LogP contribution in [0.3, 0.4) is 0 Å². The van der Waals surface area contributed by atoms with Crippen LogP contribution in [0.5, 0.6) is 5.88 Å². The molecule has 2 bridgehead atoms. The summed E-state index contributed by atoms with van der Waals surface area (Å²) in [5.41, 5.74) is 9.26. The lowest BCUT2D eigenvalue weighted by Gasteiger charge is -2.74. The molecule has 4 aromatic rings. The van der Waals surface area contributed by atoms with Gasteiger partial charge in [0.25, 0.3) is 0 Å². The molecule has 1 aliphatic heterocycles. The molecule has 1 aromatic carbocycles. The van der Waals surface area contributed by atoms with Gasteiger partial charge in [0.15, 0.2) is 5.82 Å². The molecule has 5 N–H and O–H groups in total. The molecule has 8 rings (SSSR count). The van der Waals surface area contributed by atoms with Gasteiger partial charge in [0.05, 0.1) is 34.2 Å². The van der Waals surface area contributed by atoms with Crippen molar-refractivity contribution in [2.24, 2.45) is 5.41 Å². The number of nitrogens with two attached hydrogens (primary N) is 1. The number of rotatable bonds is 5. The predicted molar refractivity (Wildman–Crippen MR) is 142 cm³/mol. The molecule has 0 radical (unpaired) electrons. The second-order valence-corrected chi connectivity index (χ2v) is 11.4. The Balaban J connectivity index is 1.19. The van der Waals surface area contributed by atoms with Crippen LogP contribution in [0, 0.1) is 18.2 Å². The summed E-state index contributed by atoms with van der Waals surface area (Å²) in [5, 5.41) is 22.0. The van der Waals surface area contributed by atoms with Gasteiger partial charge >= 0.3 is 0 Å². The summed E-state index contributed by atoms with van der Waals surface area (Å²) in [4.78, 5) is 13.4. The number of hydrogen-bond acceptors (Lipinski definition) is 9. The van der Waals surface area contributed by atoms with Crippen LogP contribution in [0.25, 0.3) is 22.0 Å². The van der Waals surface area contributed by atoms with Gasteiger partial charge in [-0.1, -0.05) is 0 Å². The number of halogens is 1. The summed E-state index contributed by atoms with van der Waals surface area (Å²) in [6.45, 7) is 6.87. The second-order valence-electron chi connectivity index (χ2n) is 11.4. The third kappa shape index (κ3) is 3.14. The van der Waals surface area contributed by atoms with E-state index in [2.05, 4.69) is 30.7 Å². The van der Waals surface area contributed by atoms with Crippen LogP contribution >= 0.6 is 0 Å². The normalized spacial score (nSPS) is 23.6. The van der Waals surface area contributed by atoms with E-state index in [1.54, 1.807) is 18.5 Å². The number of anilines is 4. The highest BCUT2D eigenvalue weighted by Crippen LogP contribution is 2.75. The molecule has 3 saturated carbocycles. The number of aromatic nitrogens is 5. The van der Waals surface area contributed by atoms with Crippen molar-refractivity contribution in [2.45, 2.75) is 51.2 Å². The molecule has 11 heteroatoms. The minimum Gasteiger partial charge on any atom is -0.474 e. The van der Waals surface area contributed by atoms with E-state index in [0.29, 0.717) is 47.0 Å². The summed E-state index contributed by atoms with van der Waals surface area (Å²) in [7, 11) is 0. The molecule has 3 aromatic heterocycles. The van der Waals surface area contributed by atoms with Crippen molar-refractivity contribution in [3.8, 4) is 17.0 Å². The van der Waals surface area contributed by atoms with Gasteiger partial charge in [0.2, 0.25) is 11.8 Å². The Labute approximate surface area is 218 Å². The summed E-state index contributed by atoms with van der Waals surface area (Å²) >= 11 is 0. The fourth-order valence-electron chi connectivity index (χ4n) is 6.33. The molecular weight excluding hydrogens is 487 g/mol. The van der Waals surface area contributed by atoms with Crippen LogP contribution in [0.2, 0.25) is 0 Å². The average molecular weight is 517 g/mol. The first-order valence-corrected chi connectivity index (χ1v) is 12.8. The lowest BCUT2D eigenvalue weighted by atomic mass is 9.35. The smallest absolute Gasteiger partial charge is 0.237 e. The fourth-order valence-corrected chi connectivity index (χ4v) is 6.33. The third-order valence-corrected chi connectivity index (χ3v) is 8.72. The maximum Gasteiger partial charge on any atom is 0.237 e. The zero-order chi connectivity index (χ0) is 26.4. The molecule has 10 nitrogen and oxygen atoms in total. The van der Waals surface area contributed by atoms with Crippen molar-refractivity contribution in [3.05, 3.63) is 42.2 Å². The SMILES string of the molecule is Cc1c(-c2cc3nc(Nc4cnn(C56CC(C(C)(C)O)(C5)C6)c4)ncc3c(N)c2F)cnc2c1NCCO2. The maximum absolute atomic E-state index is 15.4. The average Bonchev–Trinajstić information content (AvgIpc) is 3.27. The maximum atomic E-state index is 15.4. The van der Waals surface area contributed by atoms with Crippen molar-refractivity contribution in [2.75, 3.05) is 29.5 Å². The highest BCUT2D eigenvalue weighted by atomic mass is 19.1. The topological polar surface area (TPSA) is 136 Å². The van der Waals surface area contributed by atoms with Crippen LogP contribution < -0.4 is 21.1 Å². The number of hydrogen-bond donors (Lipinski definition) is 4. The number of ether oxygens (including phenoxy) is 1. The van der Waals surface area contributed by atoms with Crippen molar-refractivity contribution >= 4 is 33.9 Å². The molecule has 196 valence electrons. The molecule has 4 heterocycles. The highest BCUT2D eigenvalue weighted by molar-refractivity contribution is 5.96. The minimum atomic E-state index is -0.680. The van der Waals surface area contributed by atoms with E-state index in [1.165, 1.54) is 6.20 Å². The van der Waals surface area contributed by atoms with E-state index < -0.39 is 11.4 Å². The van der Waals surface area contributed by atoms with E-state index in [1.807, 2.05) is 31.6 Å². The predicted octanol–water partition coefficient (Wildman–Crippen LogP) is 4.12. The Morgan fingerprint density at radius 3 is 2.74 bits per heavy atom. The Kier molecular flexibility index (Phi) is 4.59. The van der Waals surface area contributed by atoms with Crippen molar-refractivity contribution in [3.63, 3.8) is 0 Å². The molecule has 0 atom stereocenters. The largest absolute Gasteiger partial charge is 0.474 e. The molecule has 0 spiro atoms. The van der Waals surface area contributed by atoms with Crippen LogP contribution in [0.4, 0.5) is 27.4 Å². The van der Waals surface area contributed by atoms with E-state index >= 15 is 4.39 Å². The quantitative estimate of drug-likeness (QED) is 0.289. The van der Waals surface area contributed by atoms with Gasteiger partial charge in [0.1, 0.15) is 12.3 Å². The molecule has 38 heavy (non-hydrogen) atoms.